The second-order valence-electron chi connectivity index (χ2n) is 2.45. The summed E-state index contributed by atoms with van der Waals surface area (Å²) in [5.41, 5.74) is 0. The molecule has 0 aromatic heterocycles. The predicted molar refractivity (Wildman–Crippen MR) is 45.1 cm³/mol. The highest BCUT2D eigenvalue weighted by Gasteiger charge is 2.15. The second kappa shape index (κ2) is 6.53. The number of esters is 1. The zero-order valence-corrected chi connectivity index (χ0v) is 8.16. The van der Waals surface area contributed by atoms with Crippen LogP contribution < -0.4 is 0 Å². The van der Waals surface area contributed by atoms with Crippen LogP contribution in [-0.2, 0) is 14.1 Å². The Bertz CT molecular complexity index is 235. The number of rotatable bonds is 5. The van der Waals surface area contributed by atoms with Gasteiger partial charge in [0.05, 0.1) is 0 Å². The lowest BCUT2D eigenvalue weighted by Gasteiger charge is -2.06. The largest absolute Gasteiger partial charge is 0.505 e. The SMILES string of the molecule is CC(=O)OC(C#N)CCC[P+](=O)O. The molecule has 0 aliphatic carbocycles. The zero-order valence-electron chi connectivity index (χ0n) is 7.27. The van der Waals surface area contributed by atoms with Gasteiger partial charge in [0.25, 0.3) is 0 Å². The molecule has 72 valence electrons. The highest BCUT2D eigenvalue weighted by Crippen LogP contribution is 2.16. The van der Waals surface area contributed by atoms with Crippen molar-refractivity contribution in [3.8, 4) is 6.07 Å². The minimum atomic E-state index is -2.16. The summed E-state index contributed by atoms with van der Waals surface area (Å²) in [5, 5.41) is 8.48. The van der Waals surface area contributed by atoms with Crippen molar-refractivity contribution in [2.24, 2.45) is 0 Å². The first-order valence-electron chi connectivity index (χ1n) is 3.76. The van der Waals surface area contributed by atoms with Gasteiger partial charge in [-0.1, -0.05) is 0 Å². The van der Waals surface area contributed by atoms with E-state index in [9.17, 15) is 9.36 Å². The van der Waals surface area contributed by atoms with Crippen molar-refractivity contribution < 1.29 is 19.0 Å². The number of carbonyl (C=O) groups is 1. The highest BCUT2D eigenvalue weighted by atomic mass is 31.1. The first-order chi connectivity index (χ1) is 6.06. The summed E-state index contributed by atoms with van der Waals surface area (Å²) in [4.78, 5) is 18.9. The van der Waals surface area contributed by atoms with Crippen LogP contribution in [0.2, 0.25) is 0 Å². The van der Waals surface area contributed by atoms with Crippen LogP contribution in [0.4, 0.5) is 0 Å². The van der Waals surface area contributed by atoms with Crippen molar-refractivity contribution in [2.75, 3.05) is 6.16 Å². The fourth-order valence-corrected chi connectivity index (χ4v) is 1.22. The average Bonchev–Trinajstić information content (AvgIpc) is 2.01. The Labute approximate surface area is 77.2 Å². The minimum Gasteiger partial charge on any atom is -0.447 e. The molecular formula is C7H11NO4P+. The predicted octanol–water partition coefficient (Wildman–Crippen LogP) is 0.957. The van der Waals surface area contributed by atoms with Gasteiger partial charge in [-0.25, -0.2) is 0 Å². The normalized spacial score (nSPS) is 12.8. The molecule has 13 heavy (non-hydrogen) atoms. The molecule has 0 spiro atoms. The third-order valence-electron chi connectivity index (χ3n) is 1.27. The summed E-state index contributed by atoms with van der Waals surface area (Å²) < 4.78 is 14.9. The van der Waals surface area contributed by atoms with Crippen molar-refractivity contribution in [2.45, 2.75) is 25.9 Å². The molecule has 2 unspecified atom stereocenters. The smallest absolute Gasteiger partial charge is 0.447 e. The van der Waals surface area contributed by atoms with Gasteiger partial charge in [0.15, 0.2) is 12.3 Å². The molecule has 0 aliphatic heterocycles. The molecule has 0 rings (SSSR count). The summed E-state index contributed by atoms with van der Waals surface area (Å²) in [6.07, 6.45) is 0.0383. The summed E-state index contributed by atoms with van der Waals surface area (Å²) in [7, 11) is -2.16. The zero-order chi connectivity index (χ0) is 10.3. The van der Waals surface area contributed by atoms with Crippen LogP contribution >= 0.6 is 8.03 Å². The fourth-order valence-electron chi connectivity index (χ4n) is 0.762. The number of ether oxygens (including phenoxy) is 1. The van der Waals surface area contributed by atoms with Gasteiger partial charge in [0, 0.05) is 13.3 Å². The molecular weight excluding hydrogens is 193 g/mol. The van der Waals surface area contributed by atoms with Crippen LogP contribution in [0.15, 0.2) is 0 Å². The van der Waals surface area contributed by atoms with E-state index in [-0.39, 0.29) is 6.16 Å². The van der Waals surface area contributed by atoms with Crippen LogP contribution in [0.1, 0.15) is 19.8 Å². The topological polar surface area (TPSA) is 87.4 Å². The molecule has 0 amide bonds. The quantitative estimate of drug-likeness (QED) is 0.532. The average molecular weight is 204 g/mol. The molecule has 0 fully saturated rings. The maximum atomic E-state index is 10.4. The van der Waals surface area contributed by atoms with E-state index in [1.807, 2.05) is 0 Å². The van der Waals surface area contributed by atoms with E-state index in [1.165, 1.54) is 6.92 Å². The lowest BCUT2D eigenvalue weighted by atomic mass is 10.2. The van der Waals surface area contributed by atoms with Gasteiger partial charge in [-0.05, 0) is 11.0 Å². The molecule has 1 N–H and O–H groups in total. The van der Waals surface area contributed by atoms with Gasteiger partial charge in [-0.3, -0.25) is 4.79 Å². The van der Waals surface area contributed by atoms with Crippen molar-refractivity contribution in [1.29, 1.82) is 5.26 Å². The van der Waals surface area contributed by atoms with Crippen molar-refractivity contribution >= 4 is 14.0 Å². The first kappa shape index (κ1) is 12.0. The van der Waals surface area contributed by atoms with Crippen LogP contribution in [0.3, 0.4) is 0 Å². The number of hydrogen-bond donors (Lipinski definition) is 1. The summed E-state index contributed by atoms with van der Waals surface area (Å²) in [6.45, 7) is 1.22. The van der Waals surface area contributed by atoms with Gasteiger partial charge in [-0.2, -0.15) is 10.2 Å². The van der Waals surface area contributed by atoms with Crippen molar-refractivity contribution in [1.82, 2.24) is 0 Å². The lowest BCUT2D eigenvalue weighted by Crippen LogP contribution is -2.14. The van der Waals surface area contributed by atoms with Crippen molar-refractivity contribution in [3.05, 3.63) is 0 Å². The Balaban J connectivity index is 3.68. The Kier molecular flexibility index (Phi) is 6.03. The number of nitrogens with zero attached hydrogens (tertiary/aromatic N) is 1. The molecule has 0 aromatic rings. The van der Waals surface area contributed by atoms with Gasteiger partial charge < -0.3 is 4.74 Å². The molecule has 0 saturated carbocycles. The van der Waals surface area contributed by atoms with E-state index < -0.39 is 20.1 Å². The minimum absolute atomic E-state index is 0.134. The number of nitriles is 1. The van der Waals surface area contributed by atoms with Gasteiger partial charge >= 0.3 is 14.0 Å². The monoisotopic (exact) mass is 204 g/mol. The van der Waals surface area contributed by atoms with Crippen molar-refractivity contribution in [3.63, 3.8) is 0 Å². The maximum absolute atomic E-state index is 10.4. The van der Waals surface area contributed by atoms with Gasteiger partial charge in [0.1, 0.15) is 6.07 Å². The van der Waals surface area contributed by atoms with Crippen LogP contribution in [0.5, 0.6) is 0 Å². The molecule has 6 heteroatoms. The van der Waals surface area contributed by atoms with E-state index in [4.69, 9.17) is 10.2 Å². The summed E-state index contributed by atoms with van der Waals surface area (Å²) in [5.74, 6) is -0.514. The van der Waals surface area contributed by atoms with Crippen LogP contribution in [0.25, 0.3) is 0 Å². The maximum Gasteiger partial charge on any atom is 0.505 e. The van der Waals surface area contributed by atoms with E-state index in [2.05, 4.69) is 4.74 Å². The second-order valence-corrected chi connectivity index (χ2v) is 3.60. The van der Waals surface area contributed by atoms with Crippen LogP contribution in [0, 0.1) is 11.3 Å². The molecule has 0 saturated heterocycles. The molecule has 0 radical (unpaired) electrons. The number of carbonyl (C=O) groups excluding carboxylic acids is 1. The molecule has 0 heterocycles. The summed E-state index contributed by atoms with van der Waals surface area (Å²) in [6, 6.07) is 1.79. The standard InChI is InChI=1S/C7H10NO4P/c1-6(9)12-7(5-8)3-2-4-13(10)11/h7H,2-4H2,1H3/p+1. The van der Waals surface area contributed by atoms with E-state index >= 15 is 0 Å². The highest BCUT2D eigenvalue weighted by molar-refractivity contribution is 7.37. The van der Waals surface area contributed by atoms with Crippen LogP contribution in [-0.4, -0.2) is 23.1 Å². The fraction of sp³-hybridized carbons (Fsp3) is 0.714. The van der Waals surface area contributed by atoms with E-state index in [0.717, 1.165) is 0 Å². The van der Waals surface area contributed by atoms with Gasteiger partial charge in [-0.15, -0.1) is 0 Å². The Hall–Kier alpha value is -0.980. The summed E-state index contributed by atoms with van der Waals surface area (Å²) >= 11 is 0. The Morgan fingerprint density at radius 1 is 1.77 bits per heavy atom. The molecule has 5 nitrogen and oxygen atoms in total. The molecule has 2 atom stereocenters. The van der Waals surface area contributed by atoms with E-state index in [1.54, 1.807) is 6.07 Å². The molecule has 0 bridgehead atoms. The van der Waals surface area contributed by atoms with E-state index in [0.29, 0.717) is 12.8 Å². The third kappa shape index (κ3) is 7.38. The molecule has 0 aliphatic rings. The van der Waals surface area contributed by atoms with Gasteiger partial charge in [0.2, 0.25) is 0 Å². The third-order valence-corrected chi connectivity index (χ3v) is 1.97. The lowest BCUT2D eigenvalue weighted by molar-refractivity contribution is -0.144. The Morgan fingerprint density at radius 2 is 2.38 bits per heavy atom. The number of hydrogen-bond acceptors (Lipinski definition) is 4. The molecule has 0 aromatic carbocycles. The first-order valence-corrected chi connectivity index (χ1v) is 5.16. The Morgan fingerprint density at radius 3 is 2.77 bits per heavy atom.